The number of halogens is 6. The molecule has 1 heterocycles. The number of hydrogen-bond donors (Lipinski definition) is 0. The van der Waals surface area contributed by atoms with Gasteiger partial charge < -0.3 is 9.90 Å². The van der Waals surface area contributed by atoms with Crippen LogP contribution in [0.2, 0.25) is 0 Å². The van der Waals surface area contributed by atoms with Crippen molar-refractivity contribution in [3.63, 3.8) is 0 Å². The van der Waals surface area contributed by atoms with Gasteiger partial charge >= 0.3 is 12.4 Å². The molecule has 1 saturated carbocycles. The topological polar surface area (TPSA) is 43.4 Å². The minimum absolute atomic E-state index is 0.0753. The second-order valence-corrected chi connectivity index (χ2v) is 10.7. The SMILES string of the molecule is CC(C(=O)[O-])[C@@H]1CCN([C@H](CCC2CCCCC2)CCC(F)(F)F)[C@H](c2ccc(C(F)(F)F)cc2)C1. The normalized spacial score (nSPS) is 24.4. The number of carboxylic acid groups (broad SMARTS) is 1. The van der Waals surface area contributed by atoms with E-state index in [0.29, 0.717) is 37.3 Å². The molecule has 2 aliphatic rings. The van der Waals surface area contributed by atoms with Crippen molar-refractivity contribution in [3.8, 4) is 0 Å². The fraction of sp³-hybridized carbons (Fsp3) is 0.741. The molecule has 1 aromatic rings. The van der Waals surface area contributed by atoms with E-state index in [2.05, 4.69) is 0 Å². The van der Waals surface area contributed by atoms with Crippen LogP contribution < -0.4 is 5.11 Å². The Hall–Kier alpha value is -1.77. The number of rotatable bonds is 9. The summed E-state index contributed by atoms with van der Waals surface area (Å²) in [5.41, 5.74) is -0.216. The molecule has 1 saturated heterocycles. The van der Waals surface area contributed by atoms with Crippen LogP contribution in [0.1, 0.15) is 94.7 Å². The van der Waals surface area contributed by atoms with Gasteiger partial charge in [-0.25, -0.2) is 0 Å². The summed E-state index contributed by atoms with van der Waals surface area (Å²) < 4.78 is 79.0. The van der Waals surface area contributed by atoms with E-state index in [1.165, 1.54) is 18.6 Å². The van der Waals surface area contributed by atoms with Gasteiger partial charge in [0.25, 0.3) is 0 Å². The summed E-state index contributed by atoms with van der Waals surface area (Å²) in [6.45, 7) is 1.96. The summed E-state index contributed by atoms with van der Waals surface area (Å²) in [6, 6.07) is 3.93. The third kappa shape index (κ3) is 8.12. The maximum Gasteiger partial charge on any atom is 0.416 e. The van der Waals surface area contributed by atoms with E-state index in [0.717, 1.165) is 44.2 Å². The van der Waals surface area contributed by atoms with Crippen molar-refractivity contribution in [2.45, 2.75) is 102 Å². The number of piperidine rings is 1. The molecular weight excluding hydrogens is 484 g/mol. The van der Waals surface area contributed by atoms with Crippen LogP contribution in [0.4, 0.5) is 26.3 Å². The van der Waals surface area contributed by atoms with Crippen molar-refractivity contribution >= 4 is 5.97 Å². The van der Waals surface area contributed by atoms with E-state index >= 15 is 0 Å². The van der Waals surface area contributed by atoms with Crippen LogP contribution >= 0.6 is 0 Å². The minimum Gasteiger partial charge on any atom is -0.550 e. The number of carbonyl (C=O) groups excluding carboxylic acids is 1. The molecule has 0 radical (unpaired) electrons. The van der Waals surface area contributed by atoms with E-state index in [-0.39, 0.29) is 18.4 Å². The summed E-state index contributed by atoms with van der Waals surface area (Å²) in [5, 5.41) is 11.5. The number of carbonyl (C=O) groups is 1. The number of aliphatic carboxylic acids is 1. The summed E-state index contributed by atoms with van der Waals surface area (Å²) in [4.78, 5) is 13.5. The fourth-order valence-corrected chi connectivity index (χ4v) is 6.03. The molecule has 1 aliphatic heterocycles. The zero-order chi connectivity index (χ0) is 26.5. The first kappa shape index (κ1) is 28.8. The number of likely N-dealkylation sites (tertiary alicyclic amines) is 1. The average molecular weight is 521 g/mol. The zero-order valence-electron chi connectivity index (χ0n) is 20.7. The lowest BCUT2D eigenvalue weighted by molar-refractivity contribution is -0.313. The number of hydrogen-bond acceptors (Lipinski definition) is 3. The van der Waals surface area contributed by atoms with Crippen LogP contribution in [0.25, 0.3) is 0 Å². The molecule has 3 rings (SSSR count). The Kier molecular flexibility index (Phi) is 9.74. The van der Waals surface area contributed by atoms with Crippen LogP contribution in [-0.4, -0.2) is 29.6 Å². The highest BCUT2D eigenvalue weighted by Crippen LogP contribution is 2.42. The van der Waals surface area contributed by atoms with E-state index < -0.39 is 42.3 Å². The maximum atomic E-state index is 13.2. The van der Waals surface area contributed by atoms with Crippen LogP contribution in [0.5, 0.6) is 0 Å². The van der Waals surface area contributed by atoms with Gasteiger partial charge in [0.15, 0.2) is 0 Å². The minimum atomic E-state index is -4.49. The van der Waals surface area contributed by atoms with Crippen LogP contribution in [0.3, 0.4) is 0 Å². The maximum absolute atomic E-state index is 13.2. The fourth-order valence-electron chi connectivity index (χ4n) is 6.03. The Morgan fingerprint density at radius 2 is 1.64 bits per heavy atom. The third-order valence-electron chi connectivity index (χ3n) is 8.25. The molecule has 0 spiro atoms. The molecule has 9 heteroatoms. The summed E-state index contributed by atoms with van der Waals surface area (Å²) in [5.74, 6) is -1.71. The lowest BCUT2D eigenvalue weighted by Gasteiger charge is -2.46. The molecule has 2 fully saturated rings. The monoisotopic (exact) mass is 520 g/mol. The molecule has 0 aromatic heterocycles. The molecule has 1 unspecified atom stereocenters. The summed E-state index contributed by atoms with van der Waals surface area (Å²) >= 11 is 0. The van der Waals surface area contributed by atoms with Gasteiger partial charge in [0, 0.05) is 24.5 Å². The molecular formula is C27H36F6NO2-. The van der Waals surface area contributed by atoms with Gasteiger partial charge in [0.05, 0.1) is 5.56 Å². The first-order valence-corrected chi connectivity index (χ1v) is 13.1. The number of nitrogens with zero attached hydrogens (tertiary/aromatic N) is 1. The molecule has 36 heavy (non-hydrogen) atoms. The third-order valence-corrected chi connectivity index (χ3v) is 8.25. The van der Waals surface area contributed by atoms with Crippen molar-refractivity contribution in [3.05, 3.63) is 35.4 Å². The zero-order valence-corrected chi connectivity index (χ0v) is 20.7. The lowest BCUT2D eigenvalue weighted by atomic mass is 9.78. The van der Waals surface area contributed by atoms with Crippen molar-refractivity contribution in [1.29, 1.82) is 0 Å². The second-order valence-electron chi connectivity index (χ2n) is 10.7. The second kappa shape index (κ2) is 12.2. The molecule has 0 amide bonds. The molecule has 0 bridgehead atoms. The summed E-state index contributed by atoms with van der Waals surface area (Å²) in [7, 11) is 0. The van der Waals surface area contributed by atoms with Gasteiger partial charge in [-0.3, -0.25) is 4.90 Å². The van der Waals surface area contributed by atoms with Crippen molar-refractivity contribution in [1.82, 2.24) is 4.90 Å². The lowest BCUT2D eigenvalue weighted by Crippen LogP contribution is -2.47. The van der Waals surface area contributed by atoms with Crippen LogP contribution in [-0.2, 0) is 11.0 Å². The Balaban J connectivity index is 1.86. The predicted octanol–water partition coefficient (Wildman–Crippen LogP) is 6.92. The molecule has 1 aromatic carbocycles. The van der Waals surface area contributed by atoms with Gasteiger partial charge in [-0.1, -0.05) is 51.2 Å². The van der Waals surface area contributed by atoms with Gasteiger partial charge in [-0.15, -0.1) is 0 Å². The number of carboxylic acids is 1. The van der Waals surface area contributed by atoms with E-state index in [1.807, 2.05) is 4.90 Å². The van der Waals surface area contributed by atoms with E-state index in [4.69, 9.17) is 0 Å². The molecule has 4 atom stereocenters. The highest BCUT2D eigenvalue weighted by molar-refractivity contribution is 5.67. The van der Waals surface area contributed by atoms with Crippen molar-refractivity contribution in [2.24, 2.45) is 17.8 Å². The Morgan fingerprint density at radius 1 is 1.00 bits per heavy atom. The van der Waals surface area contributed by atoms with Crippen molar-refractivity contribution < 1.29 is 36.2 Å². The Morgan fingerprint density at radius 3 is 2.19 bits per heavy atom. The van der Waals surface area contributed by atoms with Crippen LogP contribution in [0.15, 0.2) is 24.3 Å². The first-order chi connectivity index (χ1) is 16.8. The van der Waals surface area contributed by atoms with Gasteiger partial charge in [-0.2, -0.15) is 26.3 Å². The Labute approximate surface area is 209 Å². The summed E-state index contributed by atoms with van der Waals surface area (Å²) in [6.07, 6.45) is -1.88. The van der Waals surface area contributed by atoms with Gasteiger partial charge in [0.1, 0.15) is 0 Å². The molecule has 0 N–H and O–H groups in total. The largest absolute Gasteiger partial charge is 0.550 e. The highest BCUT2D eigenvalue weighted by Gasteiger charge is 2.38. The smallest absolute Gasteiger partial charge is 0.416 e. The Bertz CT molecular complexity index is 832. The standard InChI is InChI=1S/C27H37F6NO2/c1-18(25(35)36)21-14-16-34(24(17-21)20-8-10-22(11-9-20)27(31,32)33)23(13-15-26(28,29)30)12-7-19-5-3-2-4-6-19/h8-11,18-19,21,23-24H,2-7,12-17H2,1H3,(H,35,36)/p-1/t18?,21-,23-,24+/m1/s1. The molecule has 1 aliphatic carbocycles. The number of alkyl halides is 6. The molecule has 3 nitrogen and oxygen atoms in total. The van der Waals surface area contributed by atoms with E-state index in [9.17, 15) is 36.2 Å². The first-order valence-electron chi connectivity index (χ1n) is 13.1. The molecule has 204 valence electrons. The highest BCUT2D eigenvalue weighted by atomic mass is 19.4. The van der Waals surface area contributed by atoms with Crippen molar-refractivity contribution in [2.75, 3.05) is 6.54 Å². The predicted molar refractivity (Wildman–Crippen MR) is 123 cm³/mol. The van der Waals surface area contributed by atoms with Crippen LogP contribution in [0, 0.1) is 17.8 Å². The quantitative estimate of drug-likeness (QED) is 0.332. The average Bonchev–Trinajstić information content (AvgIpc) is 2.83. The van der Waals surface area contributed by atoms with Gasteiger partial charge in [-0.05, 0) is 74.1 Å². The number of benzene rings is 1. The van der Waals surface area contributed by atoms with E-state index in [1.54, 1.807) is 6.92 Å². The van der Waals surface area contributed by atoms with Gasteiger partial charge in [0.2, 0.25) is 0 Å².